The van der Waals surface area contributed by atoms with Crippen molar-refractivity contribution in [3.05, 3.63) is 29.3 Å². The van der Waals surface area contributed by atoms with Crippen LogP contribution in [0.1, 0.15) is 52.8 Å². The second kappa shape index (κ2) is 4.90. The number of carbonyl (C=O) groups excluding carboxylic acids is 2. The van der Waals surface area contributed by atoms with Crippen LogP contribution in [-0.2, 0) is 0 Å². The van der Waals surface area contributed by atoms with Gasteiger partial charge in [0.1, 0.15) is 0 Å². The zero-order chi connectivity index (χ0) is 14.3. The highest BCUT2D eigenvalue weighted by atomic mass is 16.3. The van der Waals surface area contributed by atoms with Crippen LogP contribution in [0, 0.1) is 0 Å². The van der Waals surface area contributed by atoms with Gasteiger partial charge in [-0.05, 0) is 31.0 Å². The number of hydrogen-bond acceptors (Lipinski definition) is 4. The maximum Gasteiger partial charge on any atom is 0.261 e. The number of nitrogens with zero attached hydrogens (tertiary/aromatic N) is 1. The SMILES string of the molecule is Nc1ccc2c(c1)C(=O)N(C1CCCCCC1O)C2=O. The summed E-state index contributed by atoms with van der Waals surface area (Å²) in [6.07, 6.45) is 3.58. The van der Waals surface area contributed by atoms with Crippen molar-refractivity contribution in [3.8, 4) is 0 Å². The lowest BCUT2D eigenvalue weighted by atomic mass is 10.0. The van der Waals surface area contributed by atoms with E-state index in [2.05, 4.69) is 0 Å². The minimum Gasteiger partial charge on any atom is -0.399 e. The van der Waals surface area contributed by atoms with Crippen molar-refractivity contribution in [1.29, 1.82) is 0 Å². The number of carbonyl (C=O) groups is 2. The molecule has 1 fully saturated rings. The molecule has 2 amide bonds. The summed E-state index contributed by atoms with van der Waals surface area (Å²) in [5.74, 6) is -0.640. The first-order valence-electron chi connectivity index (χ1n) is 7.05. The lowest BCUT2D eigenvalue weighted by Gasteiger charge is -2.28. The summed E-state index contributed by atoms with van der Waals surface area (Å²) in [5, 5.41) is 10.2. The number of nitrogens with two attached hydrogens (primary N) is 1. The third kappa shape index (κ3) is 1.98. The maximum absolute atomic E-state index is 12.5. The third-order valence-electron chi connectivity index (χ3n) is 4.22. The second-order valence-corrected chi connectivity index (χ2v) is 5.56. The van der Waals surface area contributed by atoms with E-state index in [1.807, 2.05) is 0 Å². The van der Waals surface area contributed by atoms with Crippen molar-refractivity contribution in [1.82, 2.24) is 4.90 Å². The minimum atomic E-state index is -0.628. The molecule has 5 heteroatoms. The predicted molar refractivity (Wildman–Crippen MR) is 74.2 cm³/mol. The molecule has 1 aliphatic carbocycles. The summed E-state index contributed by atoms with van der Waals surface area (Å²) in [6.45, 7) is 0. The molecule has 0 spiro atoms. The Kier molecular flexibility index (Phi) is 3.22. The van der Waals surface area contributed by atoms with Crippen LogP contribution < -0.4 is 5.73 Å². The van der Waals surface area contributed by atoms with Gasteiger partial charge in [0.2, 0.25) is 0 Å². The number of nitrogen functional groups attached to an aromatic ring is 1. The summed E-state index contributed by atoms with van der Waals surface area (Å²) in [4.78, 5) is 26.1. The monoisotopic (exact) mass is 274 g/mol. The molecule has 3 N–H and O–H groups in total. The fourth-order valence-corrected chi connectivity index (χ4v) is 3.15. The van der Waals surface area contributed by atoms with Crippen LogP contribution in [0.5, 0.6) is 0 Å². The number of hydrogen-bond donors (Lipinski definition) is 2. The summed E-state index contributed by atoms with van der Waals surface area (Å²) in [6, 6.07) is 4.34. The number of fused-ring (bicyclic) bond motifs is 1. The van der Waals surface area contributed by atoms with Gasteiger partial charge in [-0.3, -0.25) is 14.5 Å². The molecule has 1 aromatic carbocycles. The average Bonchev–Trinajstić information content (AvgIpc) is 2.57. The van der Waals surface area contributed by atoms with Crippen molar-refractivity contribution in [3.63, 3.8) is 0 Å². The molecule has 106 valence electrons. The predicted octanol–water partition coefficient (Wildman–Crippen LogP) is 1.56. The molecule has 1 aromatic rings. The van der Waals surface area contributed by atoms with Crippen LogP contribution in [0.4, 0.5) is 5.69 Å². The maximum atomic E-state index is 12.5. The van der Waals surface area contributed by atoms with E-state index in [9.17, 15) is 14.7 Å². The lowest BCUT2D eigenvalue weighted by molar-refractivity contribution is 0.0321. The Balaban J connectivity index is 1.96. The summed E-state index contributed by atoms with van der Waals surface area (Å²) >= 11 is 0. The lowest BCUT2D eigenvalue weighted by Crippen LogP contribution is -2.46. The highest BCUT2D eigenvalue weighted by Gasteiger charge is 2.42. The van der Waals surface area contributed by atoms with E-state index < -0.39 is 12.1 Å². The Morgan fingerprint density at radius 2 is 1.75 bits per heavy atom. The van der Waals surface area contributed by atoms with Gasteiger partial charge in [-0.25, -0.2) is 0 Å². The van der Waals surface area contributed by atoms with Gasteiger partial charge in [-0.15, -0.1) is 0 Å². The molecule has 20 heavy (non-hydrogen) atoms. The smallest absolute Gasteiger partial charge is 0.261 e. The summed E-state index contributed by atoms with van der Waals surface area (Å²) < 4.78 is 0. The fraction of sp³-hybridized carbons (Fsp3) is 0.467. The number of anilines is 1. The van der Waals surface area contributed by atoms with Crippen molar-refractivity contribution in [2.24, 2.45) is 0 Å². The Hall–Kier alpha value is -1.88. The van der Waals surface area contributed by atoms with Gasteiger partial charge in [0.05, 0.1) is 23.3 Å². The third-order valence-corrected chi connectivity index (χ3v) is 4.22. The molecule has 0 aromatic heterocycles. The number of aliphatic hydroxyl groups excluding tert-OH is 1. The van der Waals surface area contributed by atoms with Gasteiger partial charge in [-0.2, -0.15) is 0 Å². The van der Waals surface area contributed by atoms with Crippen LogP contribution in [0.15, 0.2) is 18.2 Å². The first kappa shape index (κ1) is 13.1. The zero-order valence-electron chi connectivity index (χ0n) is 11.2. The van der Waals surface area contributed by atoms with Crippen LogP contribution in [0.3, 0.4) is 0 Å². The average molecular weight is 274 g/mol. The van der Waals surface area contributed by atoms with Crippen molar-refractivity contribution < 1.29 is 14.7 Å². The van der Waals surface area contributed by atoms with Gasteiger partial charge >= 0.3 is 0 Å². The Labute approximate surface area is 117 Å². The fourth-order valence-electron chi connectivity index (χ4n) is 3.15. The van der Waals surface area contributed by atoms with Crippen molar-refractivity contribution >= 4 is 17.5 Å². The normalized spacial score (nSPS) is 26.6. The summed E-state index contributed by atoms with van der Waals surface area (Å²) in [5.41, 5.74) is 6.89. The van der Waals surface area contributed by atoms with E-state index in [1.54, 1.807) is 18.2 Å². The molecule has 0 saturated heterocycles. The highest BCUT2D eigenvalue weighted by Crippen LogP contribution is 2.31. The van der Waals surface area contributed by atoms with E-state index >= 15 is 0 Å². The Morgan fingerprint density at radius 1 is 1.05 bits per heavy atom. The number of rotatable bonds is 1. The molecule has 1 heterocycles. The van der Waals surface area contributed by atoms with E-state index in [-0.39, 0.29) is 11.8 Å². The largest absolute Gasteiger partial charge is 0.399 e. The van der Waals surface area contributed by atoms with E-state index in [0.717, 1.165) is 19.3 Å². The van der Waals surface area contributed by atoms with Crippen LogP contribution in [0.25, 0.3) is 0 Å². The van der Waals surface area contributed by atoms with Crippen LogP contribution >= 0.6 is 0 Å². The van der Waals surface area contributed by atoms with E-state index in [1.165, 1.54) is 4.90 Å². The van der Waals surface area contributed by atoms with Crippen molar-refractivity contribution in [2.75, 3.05) is 5.73 Å². The van der Waals surface area contributed by atoms with Gasteiger partial charge in [0.25, 0.3) is 11.8 Å². The van der Waals surface area contributed by atoms with Crippen molar-refractivity contribution in [2.45, 2.75) is 44.2 Å². The molecule has 3 rings (SSSR count). The number of aliphatic hydroxyl groups is 1. The molecular formula is C15H18N2O3. The minimum absolute atomic E-state index is 0.309. The Bertz CT molecular complexity index is 570. The highest BCUT2D eigenvalue weighted by molar-refractivity contribution is 6.22. The Morgan fingerprint density at radius 3 is 2.55 bits per heavy atom. The zero-order valence-corrected chi connectivity index (χ0v) is 11.2. The molecule has 2 unspecified atom stereocenters. The standard InChI is InChI=1S/C15H18N2O3/c16-9-6-7-10-11(8-9)15(20)17(14(10)19)12-4-2-1-3-5-13(12)18/h6-8,12-13,18H,1-5,16H2. The van der Waals surface area contributed by atoms with Crippen LogP contribution in [0.2, 0.25) is 0 Å². The molecule has 0 radical (unpaired) electrons. The molecule has 2 atom stereocenters. The molecule has 2 aliphatic rings. The first-order chi connectivity index (χ1) is 9.59. The van der Waals surface area contributed by atoms with Gasteiger partial charge in [0, 0.05) is 5.69 Å². The molecule has 0 bridgehead atoms. The van der Waals surface area contributed by atoms with Gasteiger partial charge in [0.15, 0.2) is 0 Å². The van der Waals surface area contributed by atoms with Gasteiger partial charge < -0.3 is 10.8 Å². The number of imide groups is 1. The second-order valence-electron chi connectivity index (χ2n) is 5.56. The topological polar surface area (TPSA) is 83.6 Å². The van der Waals surface area contributed by atoms with E-state index in [4.69, 9.17) is 5.73 Å². The van der Waals surface area contributed by atoms with Crippen LogP contribution in [-0.4, -0.2) is 34.0 Å². The van der Waals surface area contributed by atoms with Gasteiger partial charge in [-0.1, -0.05) is 19.3 Å². The van der Waals surface area contributed by atoms with E-state index in [0.29, 0.717) is 29.7 Å². The quantitative estimate of drug-likeness (QED) is 0.462. The molecule has 1 aliphatic heterocycles. The molecule has 5 nitrogen and oxygen atoms in total. The molecule has 1 saturated carbocycles. The number of benzene rings is 1. The molecular weight excluding hydrogens is 256 g/mol. The number of amides is 2. The first-order valence-corrected chi connectivity index (χ1v) is 7.05. The summed E-state index contributed by atoms with van der Waals surface area (Å²) in [7, 11) is 0.